The molecule has 3 fully saturated rings. The fourth-order valence-corrected chi connectivity index (χ4v) is 5.74. The molecule has 0 spiro atoms. The van der Waals surface area contributed by atoms with E-state index in [2.05, 4.69) is 17.3 Å². The number of halogens is 1. The Hall–Kier alpha value is -1.90. The maximum atomic E-state index is 12.9. The van der Waals surface area contributed by atoms with Gasteiger partial charge in [-0.1, -0.05) is 12.2 Å². The molecule has 27 heavy (non-hydrogen) atoms. The van der Waals surface area contributed by atoms with Gasteiger partial charge in [0.15, 0.2) is 11.5 Å². The van der Waals surface area contributed by atoms with Gasteiger partial charge in [-0.05, 0) is 77.3 Å². The van der Waals surface area contributed by atoms with Crippen LogP contribution in [0.3, 0.4) is 0 Å². The second-order valence-electron chi connectivity index (χ2n) is 7.67. The Labute approximate surface area is 170 Å². The van der Waals surface area contributed by atoms with Crippen LogP contribution in [0.15, 0.2) is 29.4 Å². The lowest BCUT2D eigenvalue weighted by Crippen LogP contribution is -2.40. The number of carbonyl (C=O) groups excluding carboxylic acids is 2. The highest BCUT2D eigenvalue weighted by Crippen LogP contribution is 2.65. The van der Waals surface area contributed by atoms with E-state index in [1.54, 1.807) is 12.1 Å². The van der Waals surface area contributed by atoms with Crippen LogP contribution in [0.5, 0.6) is 11.5 Å². The molecule has 1 aromatic carbocycles. The minimum atomic E-state index is -0.243. The molecule has 1 heterocycles. The number of phenolic OH excluding ortho intramolecular Hbond substituents is 1. The minimum absolute atomic E-state index is 0.0795. The quantitative estimate of drug-likeness (QED) is 0.313. The van der Waals surface area contributed by atoms with E-state index in [1.807, 2.05) is 29.5 Å². The number of aromatic hydroxyl groups is 1. The normalized spacial score (nSPS) is 35.7. The first-order valence-electron chi connectivity index (χ1n) is 9.26. The number of hydrazone groups is 1. The van der Waals surface area contributed by atoms with E-state index in [0.29, 0.717) is 33.3 Å². The molecule has 0 aromatic heterocycles. The Balaban J connectivity index is 1.42. The summed E-state index contributed by atoms with van der Waals surface area (Å²) in [5.41, 5.74) is 0.667. The van der Waals surface area contributed by atoms with Gasteiger partial charge in [0.05, 0.1) is 28.2 Å². The van der Waals surface area contributed by atoms with Crippen LogP contribution in [0, 0.1) is 39.1 Å². The summed E-state index contributed by atoms with van der Waals surface area (Å²) >= 11 is 2.01. The molecule has 4 aliphatic carbocycles. The summed E-state index contributed by atoms with van der Waals surface area (Å²) in [5.74, 6) is 1.15. The third-order valence-corrected chi connectivity index (χ3v) is 7.13. The van der Waals surface area contributed by atoms with Crippen molar-refractivity contribution in [2.24, 2.45) is 40.6 Å². The second-order valence-corrected chi connectivity index (χ2v) is 8.83. The Morgan fingerprint density at radius 3 is 2.44 bits per heavy atom. The molecule has 1 saturated heterocycles. The first kappa shape index (κ1) is 17.2. The average molecular weight is 478 g/mol. The number of ether oxygens (including phenoxy) is 1. The van der Waals surface area contributed by atoms with Gasteiger partial charge < -0.3 is 9.84 Å². The zero-order valence-corrected chi connectivity index (χ0v) is 16.9. The molecular weight excluding hydrogens is 459 g/mol. The van der Waals surface area contributed by atoms with Crippen molar-refractivity contribution in [2.45, 2.75) is 13.3 Å². The van der Waals surface area contributed by atoms with Gasteiger partial charge in [0.1, 0.15) is 0 Å². The highest BCUT2D eigenvalue weighted by molar-refractivity contribution is 14.1. The summed E-state index contributed by atoms with van der Waals surface area (Å²) < 4.78 is 6.05. The molecule has 6 atom stereocenters. The summed E-state index contributed by atoms with van der Waals surface area (Å²) in [4.78, 5) is 25.8. The molecule has 2 saturated carbocycles. The molecule has 1 aliphatic heterocycles. The molecule has 6 nitrogen and oxygen atoms in total. The van der Waals surface area contributed by atoms with E-state index < -0.39 is 0 Å². The first-order valence-corrected chi connectivity index (χ1v) is 10.3. The van der Waals surface area contributed by atoms with Crippen LogP contribution in [-0.4, -0.2) is 34.8 Å². The third kappa shape index (κ3) is 2.47. The number of phenols is 1. The molecule has 140 valence electrons. The van der Waals surface area contributed by atoms with Crippen LogP contribution < -0.4 is 4.74 Å². The zero-order chi connectivity index (χ0) is 18.9. The second kappa shape index (κ2) is 6.05. The number of carbonyl (C=O) groups is 2. The molecule has 1 aromatic rings. The van der Waals surface area contributed by atoms with E-state index in [9.17, 15) is 14.7 Å². The molecule has 6 rings (SSSR count). The van der Waals surface area contributed by atoms with Crippen molar-refractivity contribution in [1.29, 1.82) is 0 Å². The third-order valence-electron chi connectivity index (χ3n) is 6.31. The van der Waals surface area contributed by atoms with Crippen molar-refractivity contribution in [3.05, 3.63) is 33.4 Å². The van der Waals surface area contributed by atoms with Crippen LogP contribution in [-0.2, 0) is 9.59 Å². The number of rotatable bonds is 4. The number of hydrogen-bond donors (Lipinski definition) is 1. The first-order chi connectivity index (χ1) is 13.0. The SMILES string of the molecule is CCOc1cc(C=NN2C(=O)[C@@H]3[C@H]4C=C[C@@H]([C@@H]5C[C@H]45)[C@@H]3C2=O)cc(I)c1O. The van der Waals surface area contributed by atoms with Gasteiger partial charge in [0.25, 0.3) is 11.8 Å². The molecule has 5 aliphatic rings. The standard InChI is InChI=1S/C20H19IN2O4/c1-2-27-15-6-9(5-14(21)18(15)24)8-22-23-19(25)16-10-3-4-11(13-7-12(10)13)17(16)20(23)26/h3-6,8,10-13,16-17,24H,2,7H2,1H3/t10-,11-,12-,13+,16-,17+/m0/s1. The monoisotopic (exact) mass is 478 g/mol. The maximum absolute atomic E-state index is 12.9. The Morgan fingerprint density at radius 2 is 1.85 bits per heavy atom. The summed E-state index contributed by atoms with van der Waals surface area (Å²) in [5, 5.41) is 15.3. The minimum Gasteiger partial charge on any atom is -0.504 e. The predicted octanol–water partition coefficient (Wildman–Crippen LogP) is 2.78. The summed E-state index contributed by atoms with van der Waals surface area (Å²) in [6.45, 7) is 2.26. The van der Waals surface area contributed by atoms with Gasteiger partial charge in [-0.25, -0.2) is 0 Å². The van der Waals surface area contributed by atoms with Crippen molar-refractivity contribution in [2.75, 3.05) is 6.61 Å². The Morgan fingerprint density at radius 1 is 1.22 bits per heavy atom. The van der Waals surface area contributed by atoms with Crippen LogP contribution >= 0.6 is 22.6 Å². The average Bonchev–Trinajstić information content (AvgIpc) is 3.43. The molecular formula is C20H19IN2O4. The number of nitrogens with zero attached hydrogens (tertiary/aromatic N) is 2. The molecule has 0 unspecified atom stereocenters. The largest absolute Gasteiger partial charge is 0.504 e. The van der Waals surface area contributed by atoms with E-state index in [1.165, 1.54) is 6.21 Å². The van der Waals surface area contributed by atoms with E-state index >= 15 is 0 Å². The van der Waals surface area contributed by atoms with Gasteiger partial charge in [-0.2, -0.15) is 10.1 Å². The maximum Gasteiger partial charge on any atom is 0.254 e. The lowest BCUT2D eigenvalue weighted by molar-refractivity contribution is -0.140. The summed E-state index contributed by atoms with van der Waals surface area (Å²) in [6.07, 6.45) is 6.93. The van der Waals surface area contributed by atoms with Gasteiger partial charge in [-0.3, -0.25) is 9.59 Å². The fourth-order valence-electron chi connectivity index (χ4n) is 5.11. The lowest BCUT2D eigenvalue weighted by Gasteiger charge is -2.37. The smallest absolute Gasteiger partial charge is 0.254 e. The van der Waals surface area contributed by atoms with Crippen molar-refractivity contribution >= 4 is 40.6 Å². The van der Waals surface area contributed by atoms with E-state index in [0.717, 1.165) is 11.4 Å². The van der Waals surface area contributed by atoms with Crippen LogP contribution in [0.25, 0.3) is 0 Å². The van der Waals surface area contributed by atoms with Crippen LogP contribution in [0.1, 0.15) is 18.9 Å². The van der Waals surface area contributed by atoms with E-state index in [-0.39, 0.29) is 41.2 Å². The van der Waals surface area contributed by atoms with E-state index in [4.69, 9.17) is 4.74 Å². The topological polar surface area (TPSA) is 79.2 Å². The van der Waals surface area contributed by atoms with Gasteiger partial charge in [0, 0.05) is 0 Å². The number of allylic oxidation sites excluding steroid dienone is 2. The zero-order valence-electron chi connectivity index (χ0n) is 14.7. The fraction of sp³-hybridized carbons (Fsp3) is 0.450. The van der Waals surface area contributed by atoms with Gasteiger partial charge >= 0.3 is 0 Å². The summed E-state index contributed by atoms with van der Waals surface area (Å²) in [7, 11) is 0. The van der Waals surface area contributed by atoms with Crippen molar-refractivity contribution in [3.63, 3.8) is 0 Å². The Kier molecular flexibility index (Phi) is 3.86. The number of imide groups is 1. The number of amides is 2. The van der Waals surface area contributed by atoms with Crippen LogP contribution in [0.4, 0.5) is 0 Å². The number of benzene rings is 1. The van der Waals surface area contributed by atoms with Crippen molar-refractivity contribution < 1.29 is 19.4 Å². The van der Waals surface area contributed by atoms with Crippen molar-refractivity contribution in [1.82, 2.24) is 5.01 Å². The van der Waals surface area contributed by atoms with Crippen molar-refractivity contribution in [3.8, 4) is 11.5 Å². The molecule has 1 N–H and O–H groups in total. The number of hydrogen-bond acceptors (Lipinski definition) is 5. The highest BCUT2D eigenvalue weighted by atomic mass is 127. The molecule has 2 amide bonds. The predicted molar refractivity (Wildman–Crippen MR) is 106 cm³/mol. The molecule has 0 radical (unpaired) electrons. The van der Waals surface area contributed by atoms with Gasteiger partial charge in [-0.15, -0.1) is 0 Å². The molecule has 7 heteroatoms. The molecule has 2 bridgehead atoms. The van der Waals surface area contributed by atoms with Gasteiger partial charge in [0.2, 0.25) is 0 Å². The van der Waals surface area contributed by atoms with Crippen LogP contribution in [0.2, 0.25) is 0 Å². The lowest BCUT2D eigenvalue weighted by atomic mass is 9.63. The Bertz CT molecular complexity index is 875. The highest BCUT2D eigenvalue weighted by Gasteiger charge is 2.67. The summed E-state index contributed by atoms with van der Waals surface area (Å²) in [6, 6.07) is 3.39.